The summed E-state index contributed by atoms with van der Waals surface area (Å²) in [4.78, 5) is 12.1. The van der Waals surface area contributed by atoms with E-state index in [1.54, 1.807) is 6.07 Å². The number of ketones is 1. The van der Waals surface area contributed by atoms with Gasteiger partial charge in [-0.15, -0.1) is 0 Å². The second-order valence-corrected chi connectivity index (χ2v) is 4.60. The number of rotatable bonds is 3. The smallest absolute Gasteiger partial charge is 0.140 e. The maximum absolute atomic E-state index is 12.9. The summed E-state index contributed by atoms with van der Waals surface area (Å²) in [6.07, 6.45) is 2.05. The Morgan fingerprint density at radius 3 is 2.76 bits per heavy atom. The van der Waals surface area contributed by atoms with Crippen LogP contribution < -0.4 is 0 Å². The standard InChI is InChI=1S/C14H17FO2/c1-10-8-13(15)3-2-12(10)9-14(16)11-4-6-17-7-5-11/h2-3,8,11H,4-7,9H2,1H3. The molecule has 1 fully saturated rings. The van der Waals surface area contributed by atoms with Crippen molar-refractivity contribution in [3.63, 3.8) is 0 Å². The van der Waals surface area contributed by atoms with Gasteiger partial charge < -0.3 is 4.74 Å². The molecule has 0 radical (unpaired) electrons. The highest BCUT2D eigenvalue weighted by Crippen LogP contribution is 2.19. The second-order valence-electron chi connectivity index (χ2n) is 4.60. The van der Waals surface area contributed by atoms with Crippen LogP contribution in [0.3, 0.4) is 0 Å². The van der Waals surface area contributed by atoms with Gasteiger partial charge in [-0.05, 0) is 43.0 Å². The fourth-order valence-corrected chi connectivity index (χ4v) is 2.21. The zero-order valence-corrected chi connectivity index (χ0v) is 10.0. The van der Waals surface area contributed by atoms with E-state index in [2.05, 4.69) is 0 Å². The van der Waals surface area contributed by atoms with E-state index < -0.39 is 0 Å². The number of Topliss-reactive ketones (excluding diaryl/α,β-unsaturated/α-hetero) is 1. The first kappa shape index (κ1) is 12.2. The van der Waals surface area contributed by atoms with Gasteiger partial charge in [-0.25, -0.2) is 4.39 Å². The summed E-state index contributed by atoms with van der Waals surface area (Å²) < 4.78 is 18.2. The number of ether oxygens (including phenoxy) is 1. The predicted octanol–water partition coefficient (Wildman–Crippen LogP) is 2.67. The summed E-state index contributed by atoms with van der Waals surface area (Å²) in [5.74, 6) is 0.126. The lowest BCUT2D eigenvalue weighted by Gasteiger charge is -2.21. The highest BCUT2D eigenvalue weighted by atomic mass is 19.1. The number of hydrogen-bond donors (Lipinski definition) is 0. The largest absolute Gasteiger partial charge is 0.381 e. The molecule has 2 rings (SSSR count). The van der Waals surface area contributed by atoms with E-state index in [9.17, 15) is 9.18 Å². The van der Waals surface area contributed by atoms with Crippen LogP contribution in [0.15, 0.2) is 18.2 Å². The van der Waals surface area contributed by atoms with Gasteiger partial charge in [-0.1, -0.05) is 6.07 Å². The summed E-state index contributed by atoms with van der Waals surface area (Å²) in [6, 6.07) is 4.61. The van der Waals surface area contributed by atoms with Crippen LogP contribution in [0.25, 0.3) is 0 Å². The number of halogens is 1. The molecule has 0 spiro atoms. The van der Waals surface area contributed by atoms with Crippen molar-refractivity contribution in [3.05, 3.63) is 35.1 Å². The summed E-state index contributed by atoms with van der Waals surface area (Å²) in [5, 5.41) is 0. The molecular formula is C14H17FO2. The Morgan fingerprint density at radius 1 is 1.41 bits per heavy atom. The minimum Gasteiger partial charge on any atom is -0.381 e. The molecule has 1 aromatic carbocycles. The number of carbonyl (C=O) groups excluding carboxylic acids is 1. The fourth-order valence-electron chi connectivity index (χ4n) is 2.21. The zero-order chi connectivity index (χ0) is 12.3. The summed E-state index contributed by atoms with van der Waals surface area (Å²) in [7, 11) is 0. The molecule has 0 atom stereocenters. The van der Waals surface area contributed by atoms with Crippen molar-refractivity contribution in [1.82, 2.24) is 0 Å². The second kappa shape index (κ2) is 5.41. The van der Waals surface area contributed by atoms with Crippen molar-refractivity contribution in [2.24, 2.45) is 5.92 Å². The van der Waals surface area contributed by atoms with Gasteiger partial charge in [-0.2, -0.15) is 0 Å². The Morgan fingerprint density at radius 2 is 2.12 bits per heavy atom. The maximum atomic E-state index is 12.9. The van der Waals surface area contributed by atoms with Crippen LogP contribution in [-0.2, 0) is 16.0 Å². The zero-order valence-electron chi connectivity index (χ0n) is 10.0. The molecule has 3 heteroatoms. The van der Waals surface area contributed by atoms with Gasteiger partial charge in [-0.3, -0.25) is 4.79 Å². The van der Waals surface area contributed by atoms with Crippen LogP contribution in [0, 0.1) is 18.7 Å². The van der Waals surface area contributed by atoms with E-state index in [1.165, 1.54) is 12.1 Å². The lowest BCUT2D eigenvalue weighted by atomic mass is 9.90. The third-order valence-corrected chi connectivity index (χ3v) is 3.35. The Bertz CT molecular complexity index is 409. The van der Waals surface area contributed by atoms with Gasteiger partial charge in [0, 0.05) is 25.6 Å². The predicted molar refractivity (Wildman–Crippen MR) is 63.4 cm³/mol. The lowest BCUT2D eigenvalue weighted by molar-refractivity contribution is -0.125. The Labute approximate surface area is 101 Å². The first-order chi connectivity index (χ1) is 8.16. The quantitative estimate of drug-likeness (QED) is 0.806. The van der Waals surface area contributed by atoms with E-state index >= 15 is 0 Å². The molecule has 0 aromatic heterocycles. The number of hydrogen-bond acceptors (Lipinski definition) is 2. The third kappa shape index (κ3) is 3.13. The molecule has 1 heterocycles. The van der Waals surface area contributed by atoms with Gasteiger partial charge in [0.15, 0.2) is 0 Å². The molecule has 1 aliphatic heterocycles. The normalized spacial score (nSPS) is 17.1. The van der Waals surface area contributed by atoms with Crippen LogP contribution in [-0.4, -0.2) is 19.0 Å². The van der Waals surface area contributed by atoms with Crippen molar-refractivity contribution < 1.29 is 13.9 Å². The van der Waals surface area contributed by atoms with Gasteiger partial charge in [0.05, 0.1) is 0 Å². The van der Waals surface area contributed by atoms with E-state index in [0.717, 1.165) is 24.0 Å². The Hall–Kier alpha value is -1.22. The number of aryl methyl sites for hydroxylation is 1. The van der Waals surface area contributed by atoms with Gasteiger partial charge >= 0.3 is 0 Å². The topological polar surface area (TPSA) is 26.3 Å². The average molecular weight is 236 g/mol. The third-order valence-electron chi connectivity index (χ3n) is 3.35. The van der Waals surface area contributed by atoms with E-state index in [-0.39, 0.29) is 17.5 Å². The molecule has 0 unspecified atom stereocenters. The van der Waals surface area contributed by atoms with E-state index in [1.807, 2.05) is 6.92 Å². The van der Waals surface area contributed by atoms with Gasteiger partial charge in [0.1, 0.15) is 11.6 Å². The van der Waals surface area contributed by atoms with Crippen LogP contribution in [0.1, 0.15) is 24.0 Å². The molecule has 0 aliphatic carbocycles. The molecule has 17 heavy (non-hydrogen) atoms. The fraction of sp³-hybridized carbons (Fsp3) is 0.500. The molecule has 0 amide bonds. The molecule has 1 aromatic rings. The van der Waals surface area contributed by atoms with E-state index in [4.69, 9.17) is 4.74 Å². The Kier molecular flexibility index (Phi) is 3.89. The van der Waals surface area contributed by atoms with Gasteiger partial charge in [0.25, 0.3) is 0 Å². The van der Waals surface area contributed by atoms with Crippen LogP contribution in [0.2, 0.25) is 0 Å². The highest BCUT2D eigenvalue weighted by molar-refractivity contribution is 5.83. The molecule has 92 valence electrons. The Balaban J connectivity index is 2.02. The lowest BCUT2D eigenvalue weighted by Crippen LogP contribution is -2.24. The molecular weight excluding hydrogens is 219 g/mol. The molecule has 0 bridgehead atoms. The van der Waals surface area contributed by atoms with Crippen LogP contribution >= 0.6 is 0 Å². The molecule has 0 N–H and O–H groups in total. The SMILES string of the molecule is Cc1cc(F)ccc1CC(=O)C1CCOCC1. The molecule has 0 saturated carbocycles. The van der Waals surface area contributed by atoms with E-state index in [0.29, 0.717) is 19.6 Å². The molecule has 1 aliphatic rings. The summed E-state index contributed by atoms with van der Waals surface area (Å²) >= 11 is 0. The van der Waals surface area contributed by atoms with Crippen molar-refractivity contribution in [2.75, 3.05) is 13.2 Å². The highest BCUT2D eigenvalue weighted by Gasteiger charge is 2.21. The van der Waals surface area contributed by atoms with Crippen LogP contribution in [0.5, 0.6) is 0 Å². The first-order valence-corrected chi connectivity index (χ1v) is 6.02. The van der Waals surface area contributed by atoms with Crippen molar-refractivity contribution in [1.29, 1.82) is 0 Å². The van der Waals surface area contributed by atoms with Crippen molar-refractivity contribution >= 4 is 5.78 Å². The number of carbonyl (C=O) groups is 1. The minimum absolute atomic E-state index is 0.119. The molecule has 1 saturated heterocycles. The monoisotopic (exact) mass is 236 g/mol. The van der Waals surface area contributed by atoms with Gasteiger partial charge in [0.2, 0.25) is 0 Å². The first-order valence-electron chi connectivity index (χ1n) is 6.02. The summed E-state index contributed by atoms with van der Waals surface area (Å²) in [5.41, 5.74) is 1.79. The average Bonchev–Trinajstić information content (AvgIpc) is 2.34. The summed E-state index contributed by atoms with van der Waals surface area (Å²) in [6.45, 7) is 3.20. The molecule has 2 nitrogen and oxygen atoms in total. The minimum atomic E-state index is -0.246. The van der Waals surface area contributed by atoms with Crippen molar-refractivity contribution in [3.8, 4) is 0 Å². The van der Waals surface area contributed by atoms with Crippen LogP contribution in [0.4, 0.5) is 4.39 Å². The van der Waals surface area contributed by atoms with Crippen molar-refractivity contribution in [2.45, 2.75) is 26.2 Å². The number of benzene rings is 1. The maximum Gasteiger partial charge on any atom is 0.140 e.